The molecule has 0 aliphatic heterocycles. The molecule has 1 aromatic carbocycles. The van der Waals surface area contributed by atoms with Gasteiger partial charge in [-0.3, -0.25) is 4.79 Å². The number of nitrogens with zero attached hydrogens (tertiary/aromatic N) is 3. The fourth-order valence-electron chi connectivity index (χ4n) is 2.26. The second kappa shape index (κ2) is 5.44. The maximum atomic E-state index is 12.2. The van der Waals surface area contributed by atoms with E-state index in [9.17, 15) is 4.79 Å². The molecule has 21 heavy (non-hydrogen) atoms. The van der Waals surface area contributed by atoms with Gasteiger partial charge in [0.15, 0.2) is 0 Å². The third kappa shape index (κ3) is 2.54. The Morgan fingerprint density at radius 3 is 2.90 bits per heavy atom. The molecule has 0 aliphatic rings. The second-order valence-electron chi connectivity index (χ2n) is 5.01. The van der Waals surface area contributed by atoms with Gasteiger partial charge in [0, 0.05) is 6.20 Å². The summed E-state index contributed by atoms with van der Waals surface area (Å²) in [5, 5.41) is 4.14. The molecule has 0 atom stereocenters. The van der Waals surface area contributed by atoms with Crippen molar-refractivity contribution in [2.24, 2.45) is 0 Å². The molecular formula is C16H17N3O2. The Hall–Kier alpha value is -2.56. The summed E-state index contributed by atoms with van der Waals surface area (Å²) in [5.41, 5.74) is 2.83. The normalized spacial score (nSPS) is 11.0. The van der Waals surface area contributed by atoms with Gasteiger partial charge in [-0.1, -0.05) is 12.1 Å². The highest BCUT2D eigenvalue weighted by atomic mass is 16.5. The van der Waals surface area contributed by atoms with Gasteiger partial charge in [0.1, 0.15) is 24.2 Å². The SMILES string of the molecule is Cc1cccc(OCCn2ncn3cccc3c2=O)c1C. The quantitative estimate of drug-likeness (QED) is 0.737. The Kier molecular flexibility index (Phi) is 3.48. The number of fused-ring (bicyclic) bond motifs is 1. The fraction of sp³-hybridized carbons (Fsp3) is 0.250. The van der Waals surface area contributed by atoms with Crippen LogP contribution in [0.4, 0.5) is 0 Å². The number of rotatable bonds is 4. The van der Waals surface area contributed by atoms with Gasteiger partial charge in [-0.2, -0.15) is 5.10 Å². The van der Waals surface area contributed by atoms with E-state index in [4.69, 9.17) is 4.74 Å². The van der Waals surface area contributed by atoms with Crippen molar-refractivity contribution in [3.63, 3.8) is 0 Å². The van der Waals surface area contributed by atoms with Gasteiger partial charge in [0.2, 0.25) is 0 Å². The van der Waals surface area contributed by atoms with Crippen LogP contribution in [0.3, 0.4) is 0 Å². The molecule has 2 heterocycles. The maximum absolute atomic E-state index is 12.2. The number of hydrogen-bond acceptors (Lipinski definition) is 3. The predicted octanol–water partition coefficient (Wildman–Crippen LogP) is 2.19. The van der Waals surface area contributed by atoms with Gasteiger partial charge >= 0.3 is 0 Å². The summed E-state index contributed by atoms with van der Waals surface area (Å²) < 4.78 is 8.91. The molecule has 3 aromatic rings. The van der Waals surface area contributed by atoms with E-state index in [1.807, 2.05) is 25.1 Å². The molecule has 0 unspecified atom stereocenters. The molecule has 0 spiro atoms. The third-order valence-corrected chi connectivity index (χ3v) is 3.66. The van der Waals surface area contributed by atoms with Crippen molar-refractivity contribution in [1.82, 2.24) is 14.2 Å². The number of aryl methyl sites for hydroxylation is 1. The van der Waals surface area contributed by atoms with Crippen molar-refractivity contribution in [3.05, 3.63) is 64.3 Å². The molecular weight excluding hydrogens is 266 g/mol. The summed E-state index contributed by atoms with van der Waals surface area (Å²) in [6.45, 7) is 4.92. The summed E-state index contributed by atoms with van der Waals surface area (Å²) in [7, 11) is 0. The largest absolute Gasteiger partial charge is 0.491 e. The van der Waals surface area contributed by atoms with Crippen LogP contribution < -0.4 is 10.3 Å². The molecule has 0 N–H and O–H groups in total. The first-order valence-corrected chi connectivity index (χ1v) is 6.88. The first-order valence-electron chi connectivity index (χ1n) is 6.88. The van der Waals surface area contributed by atoms with Crippen molar-refractivity contribution in [2.45, 2.75) is 20.4 Å². The third-order valence-electron chi connectivity index (χ3n) is 3.66. The van der Waals surface area contributed by atoms with Gasteiger partial charge in [0.25, 0.3) is 5.56 Å². The van der Waals surface area contributed by atoms with E-state index in [0.717, 1.165) is 11.3 Å². The molecule has 3 rings (SSSR count). The van der Waals surface area contributed by atoms with Crippen LogP contribution in [-0.4, -0.2) is 20.8 Å². The maximum Gasteiger partial charge on any atom is 0.291 e. The summed E-state index contributed by atoms with van der Waals surface area (Å²) in [6, 6.07) is 9.57. The minimum absolute atomic E-state index is 0.105. The van der Waals surface area contributed by atoms with Crippen LogP contribution >= 0.6 is 0 Å². The molecule has 0 bridgehead atoms. The number of hydrogen-bond donors (Lipinski definition) is 0. The monoisotopic (exact) mass is 283 g/mol. The van der Waals surface area contributed by atoms with Crippen molar-refractivity contribution >= 4 is 5.52 Å². The van der Waals surface area contributed by atoms with E-state index in [2.05, 4.69) is 18.1 Å². The molecule has 5 heteroatoms. The van der Waals surface area contributed by atoms with Crippen LogP contribution in [0.25, 0.3) is 5.52 Å². The van der Waals surface area contributed by atoms with Crippen molar-refractivity contribution in [3.8, 4) is 5.75 Å². The molecule has 2 aromatic heterocycles. The zero-order valence-electron chi connectivity index (χ0n) is 12.1. The van der Waals surface area contributed by atoms with E-state index in [-0.39, 0.29) is 5.56 Å². The second-order valence-corrected chi connectivity index (χ2v) is 5.01. The van der Waals surface area contributed by atoms with Crippen LogP contribution in [0.2, 0.25) is 0 Å². The fourth-order valence-corrected chi connectivity index (χ4v) is 2.26. The molecule has 108 valence electrons. The number of aromatic nitrogens is 3. The van der Waals surface area contributed by atoms with E-state index in [1.165, 1.54) is 10.2 Å². The van der Waals surface area contributed by atoms with E-state index < -0.39 is 0 Å². The smallest absolute Gasteiger partial charge is 0.291 e. The van der Waals surface area contributed by atoms with Crippen molar-refractivity contribution < 1.29 is 4.74 Å². The van der Waals surface area contributed by atoms with Gasteiger partial charge in [-0.05, 0) is 43.2 Å². The van der Waals surface area contributed by atoms with E-state index in [0.29, 0.717) is 18.7 Å². The Bertz CT molecular complexity index is 833. The van der Waals surface area contributed by atoms with Gasteiger partial charge in [-0.25, -0.2) is 4.68 Å². The summed E-state index contributed by atoms with van der Waals surface area (Å²) in [5.74, 6) is 0.854. The minimum Gasteiger partial charge on any atom is -0.491 e. The van der Waals surface area contributed by atoms with Gasteiger partial charge in [0.05, 0.1) is 6.54 Å². The Balaban J connectivity index is 1.73. The lowest BCUT2D eigenvalue weighted by Crippen LogP contribution is -2.26. The highest BCUT2D eigenvalue weighted by Crippen LogP contribution is 2.20. The zero-order valence-corrected chi connectivity index (χ0v) is 12.1. The lowest BCUT2D eigenvalue weighted by molar-refractivity contribution is 0.285. The first kappa shape index (κ1) is 13.4. The molecule has 0 amide bonds. The molecule has 5 nitrogen and oxygen atoms in total. The Labute approximate surface area is 122 Å². The standard InChI is InChI=1S/C16H17N3O2/c1-12-5-3-7-15(13(12)2)21-10-9-19-16(20)14-6-4-8-18(14)11-17-19/h3-8,11H,9-10H2,1-2H3. The zero-order chi connectivity index (χ0) is 14.8. The average molecular weight is 283 g/mol. The Morgan fingerprint density at radius 1 is 1.19 bits per heavy atom. The summed E-state index contributed by atoms with van der Waals surface area (Å²) >= 11 is 0. The highest BCUT2D eigenvalue weighted by molar-refractivity contribution is 5.44. The first-order chi connectivity index (χ1) is 10.2. The molecule has 0 radical (unpaired) electrons. The lowest BCUT2D eigenvalue weighted by atomic mass is 10.1. The van der Waals surface area contributed by atoms with Crippen LogP contribution in [0, 0.1) is 13.8 Å². The Morgan fingerprint density at radius 2 is 2.05 bits per heavy atom. The summed E-state index contributed by atoms with van der Waals surface area (Å²) in [6.07, 6.45) is 3.44. The predicted molar refractivity (Wildman–Crippen MR) is 80.9 cm³/mol. The summed E-state index contributed by atoms with van der Waals surface area (Å²) in [4.78, 5) is 12.2. The van der Waals surface area contributed by atoms with E-state index >= 15 is 0 Å². The molecule has 0 fully saturated rings. The molecule has 0 aliphatic carbocycles. The van der Waals surface area contributed by atoms with Gasteiger partial charge in [-0.15, -0.1) is 0 Å². The van der Waals surface area contributed by atoms with Crippen LogP contribution in [0.5, 0.6) is 5.75 Å². The van der Waals surface area contributed by atoms with Crippen molar-refractivity contribution in [2.75, 3.05) is 6.61 Å². The topological polar surface area (TPSA) is 48.5 Å². The van der Waals surface area contributed by atoms with Crippen LogP contribution in [0.1, 0.15) is 11.1 Å². The van der Waals surface area contributed by atoms with Crippen LogP contribution in [-0.2, 0) is 6.54 Å². The minimum atomic E-state index is -0.105. The highest BCUT2D eigenvalue weighted by Gasteiger charge is 2.05. The van der Waals surface area contributed by atoms with Gasteiger partial charge < -0.3 is 9.14 Å². The van der Waals surface area contributed by atoms with Crippen molar-refractivity contribution in [1.29, 1.82) is 0 Å². The van der Waals surface area contributed by atoms with E-state index in [1.54, 1.807) is 23.0 Å². The number of ether oxygens (including phenoxy) is 1. The average Bonchev–Trinajstić information content (AvgIpc) is 2.95. The van der Waals surface area contributed by atoms with Crippen LogP contribution in [0.15, 0.2) is 47.7 Å². The molecule has 0 saturated carbocycles. The molecule has 0 saturated heterocycles. The number of benzene rings is 1. The lowest BCUT2D eigenvalue weighted by Gasteiger charge is -2.11.